The average Bonchev–Trinajstić information content (AvgIpc) is 2.64. The zero-order valence-electron chi connectivity index (χ0n) is 14.6. The van der Waals surface area contributed by atoms with Crippen LogP contribution >= 0.6 is 11.6 Å². The molecule has 0 spiro atoms. The molecule has 0 radical (unpaired) electrons. The van der Waals surface area contributed by atoms with Crippen LogP contribution in [-0.2, 0) is 4.79 Å². The van der Waals surface area contributed by atoms with Crippen LogP contribution in [0, 0.1) is 21.4 Å². The Kier molecular flexibility index (Phi) is 6.36. The highest BCUT2D eigenvalue weighted by atomic mass is 35.5. The summed E-state index contributed by atoms with van der Waals surface area (Å²) < 4.78 is 0. The number of carbonyl (C=O) groups is 1. The van der Waals surface area contributed by atoms with Crippen LogP contribution in [0.4, 0.5) is 22.7 Å². The third-order valence-corrected chi connectivity index (χ3v) is 3.87. The zero-order valence-corrected chi connectivity index (χ0v) is 15.3. The van der Waals surface area contributed by atoms with Crippen molar-refractivity contribution in [3.63, 3.8) is 0 Å². The fraction of sp³-hybridized carbons (Fsp3) is 0.111. The Morgan fingerprint density at radius 1 is 1.26 bits per heavy atom. The second kappa shape index (κ2) is 8.69. The van der Waals surface area contributed by atoms with Gasteiger partial charge < -0.3 is 15.5 Å². The standard InChI is InChI=1S/C18H16ClN5O3/c1-23(2)14-5-3-13(4-6-14)21-11-12(10-20)18(25)22-17-9-15(24(26)27)7-8-16(17)19/h3-9,11,21H,1-2H3,(H,22,25)/b12-11-. The fourth-order valence-electron chi connectivity index (χ4n) is 2.07. The Morgan fingerprint density at radius 2 is 1.93 bits per heavy atom. The van der Waals surface area contributed by atoms with Crippen molar-refractivity contribution in [2.75, 3.05) is 29.6 Å². The maximum Gasteiger partial charge on any atom is 0.271 e. The quantitative estimate of drug-likeness (QED) is 0.339. The van der Waals surface area contributed by atoms with E-state index < -0.39 is 10.8 Å². The molecule has 0 saturated carbocycles. The number of non-ortho nitro benzene ring substituents is 1. The van der Waals surface area contributed by atoms with Gasteiger partial charge in [-0.25, -0.2) is 0 Å². The Morgan fingerprint density at radius 3 is 2.48 bits per heavy atom. The lowest BCUT2D eigenvalue weighted by atomic mass is 10.2. The Hall–Kier alpha value is -3.57. The molecule has 0 atom stereocenters. The molecule has 9 heteroatoms. The molecule has 2 aromatic rings. The van der Waals surface area contributed by atoms with Gasteiger partial charge in [-0.15, -0.1) is 0 Å². The maximum atomic E-state index is 12.3. The van der Waals surface area contributed by atoms with Crippen LogP contribution in [0.2, 0.25) is 5.02 Å². The number of nitrogens with zero attached hydrogens (tertiary/aromatic N) is 3. The number of nitro benzene ring substituents is 1. The lowest BCUT2D eigenvalue weighted by molar-refractivity contribution is -0.384. The van der Waals surface area contributed by atoms with E-state index in [1.165, 1.54) is 18.3 Å². The minimum Gasteiger partial charge on any atom is -0.378 e. The highest BCUT2D eigenvalue weighted by Crippen LogP contribution is 2.27. The van der Waals surface area contributed by atoms with Crippen molar-refractivity contribution < 1.29 is 9.72 Å². The van der Waals surface area contributed by atoms with Crippen molar-refractivity contribution in [2.45, 2.75) is 0 Å². The van der Waals surface area contributed by atoms with Gasteiger partial charge in [-0.1, -0.05) is 11.6 Å². The summed E-state index contributed by atoms with van der Waals surface area (Å²) in [5.74, 6) is -0.739. The lowest BCUT2D eigenvalue weighted by Crippen LogP contribution is -2.15. The highest BCUT2D eigenvalue weighted by molar-refractivity contribution is 6.34. The number of rotatable bonds is 6. The molecule has 1 amide bonds. The fourth-order valence-corrected chi connectivity index (χ4v) is 2.24. The Bertz CT molecular complexity index is 933. The Balaban J connectivity index is 2.14. The van der Waals surface area contributed by atoms with E-state index in [2.05, 4.69) is 10.6 Å². The van der Waals surface area contributed by atoms with Crippen molar-refractivity contribution in [3.8, 4) is 6.07 Å². The highest BCUT2D eigenvalue weighted by Gasteiger charge is 2.15. The van der Waals surface area contributed by atoms with Gasteiger partial charge in [0.15, 0.2) is 0 Å². The smallest absolute Gasteiger partial charge is 0.271 e. The first kappa shape index (κ1) is 19.8. The van der Waals surface area contributed by atoms with Gasteiger partial charge in [-0.2, -0.15) is 5.26 Å². The number of halogens is 1. The van der Waals surface area contributed by atoms with Crippen molar-refractivity contribution in [1.29, 1.82) is 5.26 Å². The predicted octanol–water partition coefficient (Wildman–Crippen LogP) is 3.77. The second-order valence-corrected chi connectivity index (χ2v) is 6.04. The van der Waals surface area contributed by atoms with Crippen LogP contribution in [0.3, 0.4) is 0 Å². The van der Waals surface area contributed by atoms with Crippen molar-refractivity contribution >= 4 is 40.3 Å². The average molecular weight is 386 g/mol. The summed E-state index contributed by atoms with van der Waals surface area (Å²) in [7, 11) is 3.83. The lowest BCUT2D eigenvalue weighted by Gasteiger charge is -2.12. The molecule has 8 nitrogen and oxygen atoms in total. The molecule has 0 heterocycles. The Labute approximate surface area is 160 Å². The molecule has 0 fully saturated rings. The van der Waals surface area contributed by atoms with Gasteiger partial charge in [0.2, 0.25) is 0 Å². The normalized spacial score (nSPS) is 10.7. The minimum atomic E-state index is -0.739. The predicted molar refractivity (Wildman–Crippen MR) is 105 cm³/mol. The number of anilines is 3. The molecule has 2 N–H and O–H groups in total. The number of nitro groups is 1. The van der Waals surface area contributed by atoms with E-state index >= 15 is 0 Å². The molecule has 138 valence electrons. The third kappa shape index (κ3) is 5.20. The molecule has 0 aliphatic heterocycles. The zero-order chi connectivity index (χ0) is 20.0. The number of amides is 1. The number of nitrogens with one attached hydrogen (secondary N) is 2. The van der Waals surface area contributed by atoms with Crippen molar-refractivity contribution in [3.05, 3.63) is 69.4 Å². The molecule has 0 aliphatic rings. The molecule has 27 heavy (non-hydrogen) atoms. The molecular weight excluding hydrogens is 370 g/mol. The number of benzene rings is 2. The summed E-state index contributed by atoms with van der Waals surface area (Å²) in [6, 6.07) is 12.8. The SMILES string of the molecule is CN(C)c1ccc(N/C=C(/C#N)C(=O)Nc2cc([N+](=O)[O-])ccc2Cl)cc1. The summed E-state index contributed by atoms with van der Waals surface area (Å²) in [4.78, 5) is 24.4. The van der Waals surface area contributed by atoms with Gasteiger partial charge >= 0.3 is 0 Å². The molecule has 0 bridgehead atoms. The van der Waals surface area contributed by atoms with Gasteiger partial charge in [-0.05, 0) is 30.3 Å². The number of hydrogen-bond donors (Lipinski definition) is 2. The molecule has 2 rings (SSSR count). The second-order valence-electron chi connectivity index (χ2n) is 5.63. The van der Waals surface area contributed by atoms with E-state index in [0.29, 0.717) is 5.69 Å². The minimum absolute atomic E-state index is 0.0485. The van der Waals surface area contributed by atoms with E-state index in [1.54, 1.807) is 18.2 Å². The number of nitriles is 1. The van der Waals surface area contributed by atoms with Crippen molar-refractivity contribution in [1.82, 2.24) is 0 Å². The van der Waals surface area contributed by atoms with Crippen LogP contribution in [0.5, 0.6) is 0 Å². The summed E-state index contributed by atoms with van der Waals surface area (Å²) in [5.41, 5.74) is 1.30. The van der Waals surface area contributed by atoms with Crippen LogP contribution < -0.4 is 15.5 Å². The number of hydrogen-bond acceptors (Lipinski definition) is 6. The van der Waals surface area contributed by atoms with E-state index in [-0.39, 0.29) is 22.0 Å². The monoisotopic (exact) mass is 385 g/mol. The summed E-state index contributed by atoms with van der Waals surface area (Å²) in [6.07, 6.45) is 1.26. The summed E-state index contributed by atoms with van der Waals surface area (Å²) >= 11 is 5.95. The van der Waals surface area contributed by atoms with Gasteiger partial charge in [0.05, 0.1) is 15.6 Å². The molecule has 0 aromatic heterocycles. The maximum absolute atomic E-state index is 12.3. The van der Waals surface area contributed by atoms with Crippen LogP contribution in [0.25, 0.3) is 0 Å². The van der Waals surface area contributed by atoms with Gasteiger partial charge in [0.1, 0.15) is 11.6 Å². The summed E-state index contributed by atoms with van der Waals surface area (Å²) in [6.45, 7) is 0. The molecule has 0 unspecified atom stereocenters. The molecule has 0 aliphatic carbocycles. The van der Waals surface area contributed by atoms with Crippen LogP contribution in [-0.4, -0.2) is 24.9 Å². The first-order valence-electron chi connectivity index (χ1n) is 7.71. The molecule has 0 saturated heterocycles. The van der Waals surface area contributed by atoms with Gasteiger partial charge in [-0.3, -0.25) is 14.9 Å². The van der Waals surface area contributed by atoms with E-state index in [4.69, 9.17) is 11.6 Å². The third-order valence-electron chi connectivity index (χ3n) is 3.54. The molecular formula is C18H16ClN5O3. The van der Waals surface area contributed by atoms with E-state index in [0.717, 1.165) is 11.8 Å². The topological polar surface area (TPSA) is 111 Å². The first-order valence-corrected chi connectivity index (χ1v) is 8.09. The van der Waals surface area contributed by atoms with Crippen LogP contribution in [0.15, 0.2) is 54.2 Å². The van der Waals surface area contributed by atoms with E-state index in [1.807, 2.05) is 31.1 Å². The summed E-state index contributed by atoms with van der Waals surface area (Å²) in [5, 5.41) is 25.4. The number of carbonyl (C=O) groups excluding carboxylic acids is 1. The largest absolute Gasteiger partial charge is 0.378 e. The van der Waals surface area contributed by atoms with E-state index in [9.17, 15) is 20.2 Å². The van der Waals surface area contributed by atoms with Gasteiger partial charge in [0.25, 0.3) is 11.6 Å². The van der Waals surface area contributed by atoms with Gasteiger partial charge in [0, 0.05) is 43.8 Å². The van der Waals surface area contributed by atoms with Crippen molar-refractivity contribution in [2.24, 2.45) is 0 Å². The molecule has 2 aromatic carbocycles. The first-order chi connectivity index (χ1) is 12.8. The van der Waals surface area contributed by atoms with Crippen LogP contribution in [0.1, 0.15) is 0 Å².